The van der Waals surface area contributed by atoms with Crippen molar-refractivity contribution in [3.05, 3.63) is 29.3 Å². The van der Waals surface area contributed by atoms with Crippen LogP contribution >= 0.6 is 0 Å². The Morgan fingerprint density at radius 2 is 2.13 bits per heavy atom. The lowest BCUT2D eigenvalue weighted by atomic mass is 10.1. The van der Waals surface area contributed by atoms with E-state index in [2.05, 4.69) is 4.74 Å². The van der Waals surface area contributed by atoms with Gasteiger partial charge in [-0.25, -0.2) is 8.78 Å². The number of halogens is 2. The molecule has 15 heavy (non-hydrogen) atoms. The SMILES string of the molecule is COc1cc(F)cc(CCC(=O)O)c1F. The van der Waals surface area contributed by atoms with Crippen molar-refractivity contribution in [3.8, 4) is 5.75 Å². The fourth-order valence-electron chi connectivity index (χ4n) is 1.19. The fourth-order valence-corrected chi connectivity index (χ4v) is 1.19. The highest BCUT2D eigenvalue weighted by Gasteiger charge is 2.12. The van der Waals surface area contributed by atoms with Gasteiger partial charge < -0.3 is 9.84 Å². The van der Waals surface area contributed by atoms with Gasteiger partial charge in [0.05, 0.1) is 7.11 Å². The Hall–Kier alpha value is -1.65. The molecule has 82 valence electrons. The highest BCUT2D eigenvalue weighted by Crippen LogP contribution is 2.23. The van der Waals surface area contributed by atoms with Gasteiger partial charge in [0.2, 0.25) is 0 Å². The van der Waals surface area contributed by atoms with Crippen LogP contribution in [0.2, 0.25) is 0 Å². The highest BCUT2D eigenvalue weighted by molar-refractivity contribution is 5.67. The van der Waals surface area contributed by atoms with E-state index in [0.29, 0.717) is 0 Å². The number of benzene rings is 1. The van der Waals surface area contributed by atoms with Crippen molar-refractivity contribution in [3.63, 3.8) is 0 Å². The van der Waals surface area contributed by atoms with Crippen LogP contribution in [0.3, 0.4) is 0 Å². The Balaban J connectivity index is 2.95. The first-order valence-electron chi connectivity index (χ1n) is 4.28. The molecule has 0 aliphatic carbocycles. The Kier molecular flexibility index (Phi) is 3.60. The molecule has 0 aliphatic heterocycles. The maximum absolute atomic E-state index is 13.4. The molecule has 0 radical (unpaired) electrons. The average molecular weight is 216 g/mol. The normalized spacial score (nSPS) is 10.1. The van der Waals surface area contributed by atoms with Gasteiger partial charge in [0.15, 0.2) is 11.6 Å². The van der Waals surface area contributed by atoms with Crippen molar-refractivity contribution in [2.24, 2.45) is 0 Å². The van der Waals surface area contributed by atoms with E-state index in [1.165, 1.54) is 7.11 Å². The molecule has 0 bridgehead atoms. The summed E-state index contributed by atoms with van der Waals surface area (Å²) < 4.78 is 31.0. The Bertz CT molecular complexity index is 377. The summed E-state index contributed by atoms with van der Waals surface area (Å²) in [6, 6.07) is 1.89. The summed E-state index contributed by atoms with van der Waals surface area (Å²) in [5, 5.41) is 8.41. The summed E-state index contributed by atoms with van der Waals surface area (Å²) >= 11 is 0. The Morgan fingerprint density at radius 1 is 1.47 bits per heavy atom. The van der Waals surface area contributed by atoms with Crippen LogP contribution in [0, 0.1) is 11.6 Å². The van der Waals surface area contributed by atoms with Gasteiger partial charge in [0.25, 0.3) is 0 Å². The van der Waals surface area contributed by atoms with E-state index in [0.717, 1.165) is 12.1 Å². The minimum Gasteiger partial charge on any atom is -0.494 e. The lowest BCUT2D eigenvalue weighted by Crippen LogP contribution is -2.01. The number of methoxy groups -OCH3 is 1. The summed E-state index contributed by atoms with van der Waals surface area (Å²) in [6.07, 6.45) is -0.307. The zero-order chi connectivity index (χ0) is 11.4. The number of carbonyl (C=O) groups is 1. The van der Waals surface area contributed by atoms with E-state index in [1.54, 1.807) is 0 Å². The van der Waals surface area contributed by atoms with E-state index in [-0.39, 0.29) is 24.2 Å². The molecule has 1 N–H and O–H groups in total. The fraction of sp³-hybridized carbons (Fsp3) is 0.300. The molecule has 0 saturated carbocycles. The number of hydrogen-bond acceptors (Lipinski definition) is 2. The Labute approximate surface area is 85.3 Å². The van der Waals surface area contributed by atoms with Gasteiger partial charge in [-0.2, -0.15) is 0 Å². The molecule has 0 heterocycles. The number of aryl methyl sites for hydroxylation is 1. The highest BCUT2D eigenvalue weighted by atomic mass is 19.1. The molecule has 0 aliphatic rings. The largest absolute Gasteiger partial charge is 0.494 e. The second-order valence-electron chi connectivity index (χ2n) is 2.97. The zero-order valence-electron chi connectivity index (χ0n) is 8.09. The van der Waals surface area contributed by atoms with Crippen LogP contribution in [-0.4, -0.2) is 18.2 Å². The molecule has 0 spiro atoms. The number of ether oxygens (including phenoxy) is 1. The van der Waals surface area contributed by atoms with Gasteiger partial charge in [0, 0.05) is 12.5 Å². The summed E-state index contributed by atoms with van der Waals surface area (Å²) in [4.78, 5) is 10.3. The molecule has 0 unspecified atom stereocenters. The van der Waals surface area contributed by atoms with E-state index < -0.39 is 17.6 Å². The molecule has 1 rings (SSSR count). The van der Waals surface area contributed by atoms with Crippen LogP contribution in [0.4, 0.5) is 8.78 Å². The van der Waals surface area contributed by atoms with E-state index in [9.17, 15) is 13.6 Å². The van der Waals surface area contributed by atoms with E-state index >= 15 is 0 Å². The van der Waals surface area contributed by atoms with Gasteiger partial charge in [-0.15, -0.1) is 0 Å². The minimum atomic E-state index is -1.06. The first kappa shape index (κ1) is 11.4. The maximum Gasteiger partial charge on any atom is 0.303 e. The first-order valence-corrected chi connectivity index (χ1v) is 4.28. The Morgan fingerprint density at radius 3 is 2.67 bits per heavy atom. The third-order valence-electron chi connectivity index (χ3n) is 1.91. The summed E-state index contributed by atoms with van der Waals surface area (Å²) in [7, 11) is 1.22. The molecule has 0 aromatic heterocycles. The minimum absolute atomic E-state index is 0.00856. The number of carboxylic acids is 1. The summed E-state index contributed by atoms with van der Waals surface area (Å²) in [6.45, 7) is 0. The average Bonchev–Trinajstić information content (AvgIpc) is 2.18. The quantitative estimate of drug-likeness (QED) is 0.837. The predicted octanol–water partition coefficient (Wildman–Crippen LogP) is 1.99. The van der Waals surface area contributed by atoms with Gasteiger partial charge in [0.1, 0.15) is 5.82 Å². The standard InChI is InChI=1S/C10H10F2O3/c1-15-8-5-7(11)4-6(10(8)12)2-3-9(13)14/h4-5H,2-3H2,1H3,(H,13,14). The molecule has 3 nitrogen and oxygen atoms in total. The second kappa shape index (κ2) is 4.72. The van der Waals surface area contributed by atoms with Crippen molar-refractivity contribution in [1.29, 1.82) is 0 Å². The van der Waals surface area contributed by atoms with Crippen LogP contribution in [0.1, 0.15) is 12.0 Å². The van der Waals surface area contributed by atoms with Crippen LogP contribution in [0.25, 0.3) is 0 Å². The molecule has 5 heteroatoms. The van der Waals surface area contributed by atoms with Crippen molar-refractivity contribution >= 4 is 5.97 Å². The van der Waals surface area contributed by atoms with Gasteiger partial charge in [-0.1, -0.05) is 0 Å². The van der Waals surface area contributed by atoms with Crippen LogP contribution in [-0.2, 0) is 11.2 Å². The number of aliphatic carboxylic acids is 1. The molecular formula is C10H10F2O3. The third-order valence-corrected chi connectivity index (χ3v) is 1.91. The molecule has 0 saturated heterocycles. The molecule has 1 aromatic rings. The third kappa shape index (κ3) is 2.90. The van der Waals surface area contributed by atoms with Crippen molar-refractivity contribution in [1.82, 2.24) is 0 Å². The maximum atomic E-state index is 13.4. The monoisotopic (exact) mass is 216 g/mol. The number of carboxylic acid groups (broad SMARTS) is 1. The molecular weight excluding hydrogens is 206 g/mol. The number of rotatable bonds is 4. The molecule has 0 amide bonds. The zero-order valence-corrected chi connectivity index (χ0v) is 8.09. The van der Waals surface area contributed by atoms with Gasteiger partial charge in [-0.3, -0.25) is 4.79 Å². The van der Waals surface area contributed by atoms with Crippen LogP contribution in [0.15, 0.2) is 12.1 Å². The molecule has 0 atom stereocenters. The number of hydrogen-bond donors (Lipinski definition) is 1. The van der Waals surface area contributed by atoms with Crippen molar-refractivity contribution in [2.45, 2.75) is 12.8 Å². The smallest absolute Gasteiger partial charge is 0.303 e. The molecule has 0 fully saturated rings. The second-order valence-corrected chi connectivity index (χ2v) is 2.97. The van der Waals surface area contributed by atoms with Gasteiger partial charge >= 0.3 is 5.97 Å². The summed E-state index contributed by atoms with van der Waals surface area (Å²) in [5.74, 6) is -2.62. The van der Waals surface area contributed by atoms with Gasteiger partial charge in [-0.05, 0) is 18.1 Å². The summed E-state index contributed by atoms with van der Waals surface area (Å²) in [5.41, 5.74) is 0.00856. The predicted molar refractivity (Wildman–Crippen MR) is 48.9 cm³/mol. The van der Waals surface area contributed by atoms with Crippen molar-refractivity contribution in [2.75, 3.05) is 7.11 Å². The van der Waals surface area contributed by atoms with Crippen LogP contribution in [0.5, 0.6) is 5.75 Å². The van der Waals surface area contributed by atoms with E-state index in [4.69, 9.17) is 5.11 Å². The topological polar surface area (TPSA) is 46.5 Å². The first-order chi connectivity index (χ1) is 7.04. The van der Waals surface area contributed by atoms with Crippen LogP contribution < -0.4 is 4.74 Å². The lowest BCUT2D eigenvalue weighted by Gasteiger charge is -2.06. The lowest BCUT2D eigenvalue weighted by molar-refractivity contribution is -0.136. The van der Waals surface area contributed by atoms with Crippen molar-refractivity contribution < 1.29 is 23.4 Å². The molecule has 1 aromatic carbocycles. The van der Waals surface area contributed by atoms with E-state index in [1.807, 2.05) is 0 Å².